The topological polar surface area (TPSA) is 12.0 Å². The van der Waals surface area contributed by atoms with Gasteiger partial charge in [-0.15, -0.1) is 0 Å². The minimum atomic E-state index is 0.563. The molecule has 2 fully saturated rings. The third-order valence-corrected chi connectivity index (χ3v) is 5.35. The Labute approximate surface area is 114 Å². The lowest BCUT2D eigenvalue weighted by molar-refractivity contribution is 0.118. The highest BCUT2D eigenvalue weighted by Gasteiger charge is 2.35. The second-order valence-electron chi connectivity index (χ2n) is 8.61. The first-order valence-corrected chi connectivity index (χ1v) is 8.04. The molecule has 0 radical (unpaired) electrons. The van der Waals surface area contributed by atoms with Gasteiger partial charge in [-0.1, -0.05) is 41.0 Å². The maximum absolute atomic E-state index is 4.00. The minimum Gasteiger partial charge on any atom is -0.311 e. The van der Waals surface area contributed by atoms with Crippen LogP contribution in [-0.2, 0) is 0 Å². The van der Waals surface area contributed by atoms with Crippen LogP contribution < -0.4 is 5.32 Å². The van der Waals surface area contributed by atoms with Crippen LogP contribution >= 0.6 is 0 Å². The molecule has 1 N–H and O–H groups in total. The maximum Gasteiger partial charge on any atom is 0.00956 e. The molecule has 0 aliphatic heterocycles. The normalized spacial score (nSPS) is 39.5. The molecule has 18 heavy (non-hydrogen) atoms. The van der Waals surface area contributed by atoms with Gasteiger partial charge in [-0.3, -0.25) is 0 Å². The van der Waals surface area contributed by atoms with Gasteiger partial charge in [0.2, 0.25) is 0 Å². The van der Waals surface area contributed by atoms with Gasteiger partial charge < -0.3 is 5.32 Å². The lowest BCUT2D eigenvalue weighted by Crippen LogP contribution is -2.48. The molecule has 0 aromatic rings. The third kappa shape index (κ3) is 3.73. The van der Waals surface area contributed by atoms with Crippen LogP contribution in [-0.4, -0.2) is 12.1 Å². The molecule has 1 heteroatoms. The first-order valence-electron chi connectivity index (χ1n) is 8.04. The highest BCUT2D eigenvalue weighted by molar-refractivity contribution is 4.91. The van der Waals surface area contributed by atoms with Gasteiger partial charge in [0.05, 0.1) is 0 Å². The third-order valence-electron chi connectivity index (χ3n) is 5.35. The van der Waals surface area contributed by atoms with E-state index >= 15 is 0 Å². The summed E-state index contributed by atoms with van der Waals surface area (Å²) in [7, 11) is 0. The van der Waals surface area contributed by atoms with Crippen molar-refractivity contribution in [2.75, 3.05) is 0 Å². The summed E-state index contributed by atoms with van der Waals surface area (Å²) in [4.78, 5) is 0. The van der Waals surface area contributed by atoms with E-state index in [-0.39, 0.29) is 0 Å². The molecular formula is C17H33N. The van der Waals surface area contributed by atoms with E-state index < -0.39 is 0 Å². The second-order valence-corrected chi connectivity index (χ2v) is 8.61. The van der Waals surface area contributed by atoms with E-state index in [0.29, 0.717) is 10.8 Å². The van der Waals surface area contributed by atoms with Gasteiger partial charge in [0.1, 0.15) is 0 Å². The molecule has 2 saturated carbocycles. The number of hydrogen-bond acceptors (Lipinski definition) is 1. The van der Waals surface area contributed by atoms with Crippen molar-refractivity contribution in [3.8, 4) is 0 Å². The summed E-state index contributed by atoms with van der Waals surface area (Å²) in [5.74, 6) is 0.846. The van der Waals surface area contributed by atoms with Gasteiger partial charge in [-0.25, -0.2) is 0 Å². The van der Waals surface area contributed by atoms with E-state index in [2.05, 4.69) is 39.9 Å². The highest BCUT2D eigenvalue weighted by Crippen LogP contribution is 2.40. The van der Waals surface area contributed by atoms with Crippen LogP contribution in [0.15, 0.2) is 0 Å². The van der Waals surface area contributed by atoms with Crippen molar-refractivity contribution in [2.45, 2.75) is 91.6 Å². The van der Waals surface area contributed by atoms with Crippen molar-refractivity contribution in [3.63, 3.8) is 0 Å². The average Bonchev–Trinajstić information content (AvgIpc) is 2.20. The molecule has 2 aliphatic rings. The van der Waals surface area contributed by atoms with Gasteiger partial charge in [0.15, 0.2) is 0 Å². The van der Waals surface area contributed by atoms with Crippen LogP contribution in [0.3, 0.4) is 0 Å². The number of rotatable bonds is 2. The summed E-state index contributed by atoms with van der Waals surface area (Å²) in [6.07, 6.45) is 9.77. The van der Waals surface area contributed by atoms with Crippen LogP contribution in [0.5, 0.6) is 0 Å². The van der Waals surface area contributed by atoms with Gasteiger partial charge in [-0.2, -0.15) is 0 Å². The monoisotopic (exact) mass is 251 g/mol. The van der Waals surface area contributed by atoms with Crippen LogP contribution in [0.25, 0.3) is 0 Å². The molecule has 0 aromatic heterocycles. The van der Waals surface area contributed by atoms with Crippen LogP contribution in [0.2, 0.25) is 0 Å². The quantitative estimate of drug-likeness (QED) is 0.746. The van der Waals surface area contributed by atoms with Crippen LogP contribution in [0.1, 0.15) is 79.6 Å². The zero-order valence-corrected chi connectivity index (χ0v) is 13.2. The number of hydrogen-bond donors (Lipinski definition) is 1. The fourth-order valence-corrected chi connectivity index (χ4v) is 4.34. The molecule has 0 spiro atoms. The zero-order chi connectivity index (χ0) is 13.4. The van der Waals surface area contributed by atoms with Gasteiger partial charge in [0, 0.05) is 12.1 Å². The Morgan fingerprint density at radius 1 is 0.889 bits per heavy atom. The van der Waals surface area contributed by atoms with E-state index in [9.17, 15) is 0 Å². The molecule has 1 nitrogen and oxygen atoms in total. The Kier molecular flexibility index (Phi) is 4.11. The van der Waals surface area contributed by atoms with Crippen molar-refractivity contribution < 1.29 is 0 Å². The molecule has 0 aromatic carbocycles. The van der Waals surface area contributed by atoms with Crippen molar-refractivity contribution in [1.82, 2.24) is 5.32 Å². The largest absolute Gasteiger partial charge is 0.311 e. The Bertz CT molecular complexity index is 279. The van der Waals surface area contributed by atoms with Crippen molar-refractivity contribution >= 4 is 0 Å². The van der Waals surface area contributed by atoms with Crippen molar-refractivity contribution in [3.05, 3.63) is 0 Å². The lowest BCUT2D eigenvalue weighted by atomic mass is 9.69. The zero-order valence-electron chi connectivity index (χ0n) is 13.2. The smallest absolute Gasteiger partial charge is 0.00956 e. The van der Waals surface area contributed by atoms with Gasteiger partial charge in [0.25, 0.3) is 0 Å². The van der Waals surface area contributed by atoms with E-state index in [1.807, 2.05) is 0 Å². The lowest BCUT2D eigenvalue weighted by Gasteiger charge is -2.43. The van der Waals surface area contributed by atoms with Crippen molar-refractivity contribution in [1.29, 1.82) is 0 Å². The molecule has 106 valence electrons. The Morgan fingerprint density at radius 2 is 1.56 bits per heavy atom. The summed E-state index contributed by atoms with van der Waals surface area (Å²) in [5, 5.41) is 4.00. The highest BCUT2D eigenvalue weighted by atomic mass is 15.0. The molecule has 3 unspecified atom stereocenters. The minimum absolute atomic E-state index is 0.563. The summed E-state index contributed by atoms with van der Waals surface area (Å²) in [5.41, 5.74) is 1.14. The Balaban J connectivity index is 1.86. The van der Waals surface area contributed by atoms with Crippen LogP contribution in [0.4, 0.5) is 0 Å². The average molecular weight is 251 g/mol. The molecule has 0 saturated heterocycles. The Hall–Kier alpha value is -0.0400. The standard InChI is InChI=1S/C17H33N/c1-13-11-17(4,5)10-8-15(13)18-14-7-6-9-16(2,3)12-14/h13-15,18H,6-12H2,1-5H3. The molecule has 0 bridgehead atoms. The predicted molar refractivity (Wildman–Crippen MR) is 79.8 cm³/mol. The summed E-state index contributed by atoms with van der Waals surface area (Å²) in [6, 6.07) is 1.55. The SMILES string of the molecule is CC1CC(C)(C)CCC1NC1CCCC(C)(C)C1. The van der Waals surface area contributed by atoms with Crippen molar-refractivity contribution in [2.24, 2.45) is 16.7 Å². The maximum atomic E-state index is 4.00. The molecule has 2 aliphatic carbocycles. The molecular weight excluding hydrogens is 218 g/mol. The van der Waals surface area contributed by atoms with E-state index in [0.717, 1.165) is 18.0 Å². The summed E-state index contributed by atoms with van der Waals surface area (Å²) < 4.78 is 0. The second kappa shape index (κ2) is 5.15. The first-order chi connectivity index (χ1) is 8.27. The molecule has 3 atom stereocenters. The van der Waals surface area contributed by atoms with E-state index in [1.54, 1.807) is 0 Å². The molecule has 0 heterocycles. The first kappa shape index (κ1) is 14.4. The fraction of sp³-hybridized carbons (Fsp3) is 1.00. The van der Waals surface area contributed by atoms with E-state index in [1.165, 1.54) is 44.9 Å². The number of nitrogens with one attached hydrogen (secondary N) is 1. The van der Waals surface area contributed by atoms with Gasteiger partial charge >= 0.3 is 0 Å². The summed E-state index contributed by atoms with van der Waals surface area (Å²) >= 11 is 0. The summed E-state index contributed by atoms with van der Waals surface area (Å²) in [6.45, 7) is 12.2. The molecule has 2 rings (SSSR count). The van der Waals surface area contributed by atoms with E-state index in [4.69, 9.17) is 0 Å². The predicted octanol–water partition coefficient (Wildman–Crippen LogP) is 4.76. The fourth-order valence-electron chi connectivity index (χ4n) is 4.34. The molecule has 0 amide bonds. The van der Waals surface area contributed by atoms with Crippen LogP contribution in [0, 0.1) is 16.7 Å². The van der Waals surface area contributed by atoms with Gasteiger partial charge in [-0.05, 0) is 55.3 Å². The Morgan fingerprint density at radius 3 is 2.17 bits per heavy atom.